The molecule has 0 aromatic carbocycles. The average Bonchev–Trinajstić information content (AvgIpc) is 2.65. The Kier molecular flexibility index (Phi) is 5.74. The molecule has 3 rings (SSSR count). The number of urea groups is 2. The van der Waals surface area contributed by atoms with Crippen LogP contribution in [0.5, 0.6) is 0 Å². The fourth-order valence-corrected chi connectivity index (χ4v) is 4.36. The van der Waals surface area contributed by atoms with Gasteiger partial charge in [-0.05, 0) is 56.3 Å². The summed E-state index contributed by atoms with van der Waals surface area (Å²) in [7, 11) is 0. The van der Waals surface area contributed by atoms with Crippen molar-refractivity contribution in [3.8, 4) is 0 Å². The van der Waals surface area contributed by atoms with Crippen LogP contribution in [0.2, 0.25) is 0 Å². The first-order chi connectivity index (χ1) is 12.0. The molecule has 3 aliphatic rings. The normalized spacial score (nSPS) is 28.9. The third kappa shape index (κ3) is 4.21. The number of nitrogens with zero attached hydrogens (tertiary/aromatic N) is 2. The number of carbonyl (C=O) groups excluding carboxylic acids is 2. The van der Waals surface area contributed by atoms with Gasteiger partial charge < -0.3 is 20.4 Å². The SMILES string of the molecule is CC1(C)C(CNC(=O)N2CCCCC2)CC1NC(=O)N1CCCCC1. The van der Waals surface area contributed by atoms with Crippen molar-refractivity contribution in [3.63, 3.8) is 0 Å². The lowest BCUT2D eigenvalue weighted by Gasteiger charge is -2.53. The maximum absolute atomic E-state index is 12.4. The number of nitrogens with one attached hydrogen (secondary N) is 2. The molecule has 6 nitrogen and oxygen atoms in total. The molecule has 25 heavy (non-hydrogen) atoms. The van der Waals surface area contributed by atoms with E-state index >= 15 is 0 Å². The zero-order valence-electron chi connectivity index (χ0n) is 15.9. The van der Waals surface area contributed by atoms with E-state index in [9.17, 15) is 9.59 Å². The lowest BCUT2D eigenvalue weighted by Crippen LogP contribution is -2.63. The molecule has 0 aromatic rings. The van der Waals surface area contributed by atoms with E-state index < -0.39 is 0 Å². The molecule has 0 spiro atoms. The minimum atomic E-state index is 0.0284. The van der Waals surface area contributed by atoms with Crippen LogP contribution in [0, 0.1) is 11.3 Å². The highest BCUT2D eigenvalue weighted by molar-refractivity contribution is 5.75. The van der Waals surface area contributed by atoms with Crippen LogP contribution in [0.1, 0.15) is 58.8 Å². The zero-order chi connectivity index (χ0) is 17.9. The van der Waals surface area contributed by atoms with E-state index in [1.54, 1.807) is 0 Å². The van der Waals surface area contributed by atoms with Gasteiger partial charge in [0, 0.05) is 38.8 Å². The molecule has 0 bridgehead atoms. The summed E-state index contributed by atoms with van der Waals surface area (Å²) in [6.45, 7) is 8.65. The van der Waals surface area contributed by atoms with Crippen molar-refractivity contribution in [2.45, 2.75) is 64.8 Å². The molecule has 2 atom stereocenters. The zero-order valence-corrected chi connectivity index (χ0v) is 15.9. The van der Waals surface area contributed by atoms with Gasteiger partial charge in [-0.15, -0.1) is 0 Å². The van der Waals surface area contributed by atoms with Crippen molar-refractivity contribution in [3.05, 3.63) is 0 Å². The Morgan fingerprint density at radius 2 is 1.40 bits per heavy atom. The van der Waals surface area contributed by atoms with E-state index in [1.165, 1.54) is 12.8 Å². The highest BCUT2D eigenvalue weighted by Gasteiger charge is 2.49. The number of hydrogen-bond donors (Lipinski definition) is 2. The Morgan fingerprint density at radius 3 is 1.92 bits per heavy atom. The van der Waals surface area contributed by atoms with Crippen molar-refractivity contribution in [2.75, 3.05) is 32.7 Å². The second-order valence-corrected chi connectivity index (χ2v) is 8.54. The molecular formula is C19H34N4O2. The number of amides is 4. The summed E-state index contributed by atoms with van der Waals surface area (Å²) in [6.07, 6.45) is 7.89. The van der Waals surface area contributed by atoms with Gasteiger partial charge in [0.2, 0.25) is 0 Å². The number of rotatable bonds is 3. The molecule has 0 aromatic heterocycles. The molecule has 1 aliphatic carbocycles. The van der Waals surface area contributed by atoms with Crippen LogP contribution >= 0.6 is 0 Å². The first kappa shape index (κ1) is 18.3. The molecule has 2 unspecified atom stereocenters. The van der Waals surface area contributed by atoms with Crippen molar-refractivity contribution < 1.29 is 9.59 Å². The maximum Gasteiger partial charge on any atom is 0.317 e. The van der Waals surface area contributed by atoms with Gasteiger partial charge in [0.15, 0.2) is 0 Å². The van der Waals surface area contributed by atoms with Gasteiger partial charge in [0.1, 0.15) is 0 Å². The van der Waals surface area contributed by atoms with Crippen molar-refractivity contribution in [1.29, 1.82) is 0 Å². The molecule has 2 saturated heterocycles. The number of hydrogen-bond acceptors (Lipinski definition) is 2. The van der Waals surface area contributed by atoms with E-state index in [0.717, 1.165) is 58.3 Å². The van der Waals surface area contributed by atoms with E-state index in [4.69, 9.17) is 0 Å². The molecule has 1 saturated carbocycles. The predicted octanol–water partition coefficient (Wildman–Crippen LogP) is 2.79. The van der Waals surface area contributed by atoms with Crippen LogP contribution in [0.4, 0.5) is 9.59 Å². The Morgan fingerprint density at radius 1 is 0.880 bits per heavy atom. The molecule has 0 radical (unpaired) electrons. The first-order valence-electron chi connectivity index (χ1n) is 10.1. The Hall–Kier alpha value is -1.46. The van der Waals surface area contributed by atoms with E-state index in [1.807, 2.05) is 9.80 Å². The summed E-state index contributed by atoms with van der Waals surface area (Å²) in [6, 6.07) is 0.378. The van der Waals surface area contributed by atoms with Crippen LogP contribution in [0.15, 0.2) is 0 Å². The van der Waals surface area contributed by atoms with Crippen LogP contribution in [0.3, 0.4) is 0 Å². The molecule has 3 fully saturated rings. The standard InChI is InChI=1S/C19H34N4O2/c1-19(2)15(14-20-17(24)22-9-5-3-6-10-22)13-16(19)21-18(25)23-11-7-4-8-12-23/h15-16H,3-14H2,1-2H3,(H,20,24)(H,21,25). The highest BCUT2D eigenvalue weighted by Crippen LogP contribution is 2.45. The first-order valence-corrected chi connectivity index (χ1v) is 10.1. The molecule has 2 aliphatic heterocycles. The summed E-state index contributed by atoms with van der Waals surface area (Å²) in [5.41, 5.74) is 0.0284. The van der Waals surface area contributed by atoms with E-state index in [2.05, 4.69) is 24.5 Å². The number of piperidine rings is 2. The largest absolute Gasteiger partial charge is 0.338 e. The molecule has 2 N–H and O–H groups in total. The van der Waals surface area contributed by atoms with Gasteiger partial charge in [-0.3, -0.25) is 0 Å². The number of carbonyl (C=O) groups is 2. The summed E-state index contributed by atoms with van der Waals surface area (Å²) < 4.78 is 0. The minimum Gasteiger partial charge on any atom is -0.338 e. The topological polar surface area (TPSA) is 64.7 Å². The van der Waals surface area contributed by atoms with E-state index in [0.29, 0.717) is 12.5 Å². The highest BCUT2D eigenvalue weighted by atomic mass is 16.2. The molecule has 2 heterocycles. The van der Waals surface area contributed by atoms with Crippen LogP contribution < -0.4 is 10.6 Å². The summed E-state index contributed by atoms with van der Waals surface area (Å²) >= 11 is 0. The maximum atomic E-state index is 12.4. The fraction of sp³-hybridized carbons (Fsp3) is 0.895. The Labute approximate surface area is 151 Å². The third-order valence-corrected chi connectivity index (χ3v) is 6.55. The quantitative estimate of drug-likeness (QED) is 0.822. The Bertz CT molecular complexity index is 482. The molecule has 142 valence electrons. The number of likely N-dealkylation sites (tertiary alicyclic amines) is 2. The van der Waals surface area contributed by atoms with Crippen LogP contribution in [0.25, 0.3) is 0 Å². The van der Waals surface area contributed by atoms with Gasteiger partial charge in [0.05, 0.1) is 0 Å². The fourth-order valence-electron chi connectivity index (χ4n) is 4.36. The van der Waals surface area contributed by atoms with Gasteiger partial charge in [-0.1, -0.05) is 13.8 Å². The van der Waals surface area contributed by atoms with Gasteiger partial charge in [-0.2, -0.15) is 0 Å². The smallest absolute Gasteiger partial charge is 0.317 e. The lowest BCUT2D eigenvalue weighted by atomic mass is 9.58. The second-order valence-electron chi connectivity index (χ2n) is 8.54. The van der Waals surface area contributed by atoms with Crippen molar-refractivity contribution in [2.24, 2.45) is 11.3 Å². The second kappa shape index (κ2) is 7.83. The average molecular weight is 351 g/mol. The molecule has 4 amide bonds. The van der Waals surface area contributed by atoms with Gasteiger partial charge >= 0.3 is 12.1 Å². The minimum absolute atomic E-state index is 0.0284. The van der Waals surface area contributed by atoms with Gasteiger partial charge in [-0.25, -0.2) is 9.59 Å². The van der Waals surface area contributed by atoms with Crippen molar-refractivity contribution in [1.82, 2.24) is 20.4 Å². The third-order valence-electron chi connectivity index (χ3n) is 6.55. The van der Waals surface area contributed by atoms with Gasteiger partial charge in [0.25, 0.3) is 0 Å². The van der Waals surface area contributed by atoms with Crippen molar-refractivity contribution >= 4 is 12.1 Å². The predicted molar refractivity (Wildman–Crippen MR) is 98.5 cm³/mol. The van der Waals surface area contributed by atoms with E-state index in [-0.39, 0.29) is 23.5 Å². The Balaban J connectivity index is 1.41. The van der Waals surface area contributed by atoms with Crippen LogP contribution in [-0.4, -0.2) is 60.6 Å². The summed E-state index contributed by atoms with van der Waals surface area (Å²) in [4.78, 5) is 28.5. The monoisotopic (exact) mass is 350 g/mol. The van der Waals surface area contributed by atoms with Crippen LogP contribution in [-0.2, 0) is 0 Å². The summed E-state index contributed by atoms with van der Waals surface area (Å²) in [5.74, 6) is 0.424. The molecular weight excluding hydrogens is 316 g/mol. The lowest BCUT2D eigenvalue weighted by molar-refractivity contribution is 0.0185. The molecule has 6 heteroatoms. The summed E-state index contributed by atoms with van der Waals surface area (Å²) in [5, 5.41) is 6.33.